The number of alkyl halides is 3. The summed E-state index contributed by atoms with van der Waals surface area (Å²) in [6.45, 7) is 1.57. The molecule has 3 nitrogen and oxygen atoms in total. The van der Waals surface area contributed by atoms with Crippen LogP contribution >= 0.6 is 11.6 Å². The van der Waals surface area contributed by atoms with E-state index in [-0.39, 0.29) is 16.8 Å². The van der Waals surface area contributed by atoms with E-state index in [1.165, 1.54) is 35.2 Å². The topological polar surface area (TPSA) is 34.9 Å². The monoisotopic (exact) mass is 364 g/mol. The van der Waals surface area contributed by atoms with Gasteiger partial charge in [0.15, 0.2) is 0 Å². The number of halogens is 4. The summed E-state index contributed by atoms with van der Waals surface area (Å²) in [5.41, 5.74) is 0.500. The van der Waals surface area contributed by atoms with E-state index in [4.69, 9.17) is 11.6 Å². The number of aromatic nitrogens is 2. The lowest BCUT2D eigenvalue weighted by molar-refractivity contribution is -0.137. The van der Waals surface area contributed by atoms with Crippen molar-refractivity contribution in [3.05, 3.63) is 71.7 Å². The lowest BCUT2D eigenvalue weighted by Crippen LogP contribution is -2.09. The molecule has 3 rings (SSSR count). The Labute approximate surface area is 146 Å². The van der Waals surface area contributed by atoms with Crippen LogP contribution in [0.15, 0.2) is 55.0 Å². The summed E-state index contributed by atoms with van der Waals surface area (Å²) in [6.07, 6.45) is -0.0409. The van der Waals surface area contributed by atoms with Crippen LogP contribution in [0.25, 0.3) is 16.9 Å². The zero-order valence-corrected chi connectivity index (χ0v) is 13.8. The summed E-state index contributed by atoms with van der Waals surface area (Å²) in [6, 6.07) is 8.58. The van der Waals surface area contributed by atoms with E-state index in [9.17, 15) is 18.0 Å². The second kappa shape index (κ2) is 6.37. The molecule has 0 aliphatic carbocycles. The molecule has 0 bridgehead atoms. The van der Waals surface area contributed by atoms with E-state index in [2.05, 4.69) is 4.98 Å². The third-order valence-electron chi connectivity index (χ3n) is 3.88. The van der Waals surface area contributed by atoms with Gasteiger partial charge < -0.3 is 4.57 Å². The smallest absolute Gasteiger partial charge is 0.314 e. The fraction of sp³-hybridized carbons (Fsp3) is 0.111. The maximum atomic E-state index is 13.5. The summed E-state index contributed by atoms with van der Waals surface area (Å²) < 4.78 is 41.9. The fourth-order valence-corrected chi connectivity index (χ4v) is 2.96. The van der Waals surface area contributed by atoms with Gasteiger partial charge in [-0.15, -0.1) is 0 Å². The molecule has 0 N–H and O–H groups in total. The number of hydrogen-bond acceptors (Lipinski definition) is 2. The van der Waals surface area contributed by atoms with Crippen LogP contribution in [0.1, 0.15) is 21.5 Å². The second-order valence-corrected chi connectivity index (χ2v) is 5.76. The lowest BCUT2D eigenvalue weighted by Gasteiger charge is -2.16. The molecule has 7 heteroatoms. The van der Waals surface area contributed by atoms with E-state index in [0.29, 0.717) is 11.3 Å². The Hall–Kier alpha value is -2.60. The van der Waals surface area contributed by atoms with Crippen LogP contribution in [0.2, 0.25) is 0 Å². The normalized spacial score (nSPS) is 11.6. The molecule has 128 valence electrons. The van der Waals surface area contributed by atoms with Crippen LogP contribution < -0.4 is 0 Å². The minimum Gasteiger partial charge on any atom is -0.314 e. The molecule has 0 unspecified atom stereocenters. The number of carbonyl (C=O) groups is 1. The van der Waals surface area contributed by atoms with Gasteiger partial charge in [-0.1, -0.05) is 18.2 Å². The largest absolute Gasteiger partial charge is 0.417 e. The van der Waals surface area contributed by atoms with Gasteiger partial charge in [0.2, 0.25) is 0 Å². The lowest BCUT2D eigenvalue weighted by atomic mass is 10.00. The van der Waals surface area contributed by atoms with Gasteiger partial charge in [-0.05, 0) is 42.3 Å². The summed E-state index contributed by atoms with van der Waals surface area (Å²) in [7, 11) is 0. The van der Waals surface area contributed by atoms with Crippen molar-refractivity contribution in [3.8, 4) is 16.9 Å². The molecule has 2 aromatic heterocycles. The minimum absolute atomic E-state index is 0.0273. The summed E-state index contributed by atoms with van der Waals surface area (Å²) >= 11 is 5.61. The van der Waals surface area contributed by atoms with Crippen LogP contribution in [-0.4, -0.2) is 14.8 Å². The van der Waals surface area contributed by atoms with E-state index in [1.54, 1.807) is 25.3 Å². The summed E-state index contributed by atoms with van der Waals surface area (Å²) in [5.74, 6) is 0. The Kier molecular flexibility index (Phi) is 4.39. The van der Waals surface area contributed by atoms with Crippen molar-refractivity contribution < 1.29 is 18.0 Å². The van der Waals surface area contributed by atoms with Gasteiger partial charge in [-0.2, -0.15) is 13.2 Å². The Balaban J connectivity index is 2.36. The molecule has 3 aromatic rings. The van der Waals surface area contributed by atoms with Gasteiger partial charge in [0, 0.05) is 18.0 Å². The third-order valence-corrected chi connectivity index (χ3v) is 4.09. The SMILES string of the molecule is Cc1c(C(=O)Cl)cn(-c2cccnc2)c1-c1ccccc1C(F)(F)F. The molecule has 0 atom stereocenters. The zero-order valence-electron chi connectivity index (χ0n) is 13.0. The number of hydrogen-bond donors (Lipinski definition) is 0. The molecule has 0 fully saturated rings. The molecule has 0 aliphatic rings. The van der Waals surface area contributed by atoms with Crippen molar-refractivity contribution >= 4 is 16.8 Å². The first kappa shape index (κ1) is 17.2. The average Bonchev–Trinajstić information content (AvgIpc) is 2.92. The van der Waals surface area contributed by atoms with Crippen LogP contribution in [0.3, 0.4) is 0 Å². The highest BCUT2D eigenvalue weighted by Gasteiger charge is 2.35. The van der Waals surface area contributed by atoms with Crippen molar-refractivity contribution in [2.24, 2.45) is 0 Å². The molecule has 0 saturated heterocycles. The molecule has 0 amide bonds. The van der Waals surface area contributed by atoms with Crippen LogP contribution in [-0.2, 0) is 6.18 Å². The number of carbonyl (C=O) groups excluding carboxylic acids is 1. The molecule has 0 spiro atoms. The van der Waals surface area contributed by atoms with Gasteiger partial charge >= 0.3 is 6.18 Å². The Morgan fingerprint density at radius 3 is 2.48 bits per heavy atom. The van der Waals surface area contributed by atoms with Gasteiger partial charge in [-0.25, -0.2) is 0 Å². The standard InChI is InChI=1S/C18H12ClF3N2O/c1-11-14(17(19)25)10-24(12-5-4-8-23-9-12)16(11)13-6-2-3-7-15(13)18(20,21)22/h2-10H,1H3. The fourth-order valence-electron chi connectivity index (χ4n) is 2.77. The molecule has 25 heavy (non-hydrogen) atoms. The minimum atomic E-state index is -4.53. The van der Waals surface area contributed by atoms with E-state index in [1.807, 2.05) is 0 Å². The highest BCUT2D eigenvalue weighted by Crippen LogP contribution is 2.40. The maximum Gasteiger partial charge on any atom is 0.417 e. The van der Waals surface area contributed by atoms with Crippen LogP contribution in [0.5, 0.6) is 0 Å². The first-order valence-electron chi connectivity index (χ1n) is 7.29. The molecule has 1 aromatic carbocycles. The average molecular weight is 365 g/mol. The molecule has 2 heterocycles. The molecule has 0 radical (unpaired) electrons. The predicted molar refractivity (Wildman–Crippen MR) is 88.9 cm³/mol. The summed E-state index contributed by atoms with van der Waals surface area (Å²) in [5, 5.41) is -0.731. The van der Waals surface area contributed by atoms with Crippen molar-refractivity contribution in [1.29, 1.82) is 0 Å². The van der Waals surface area contributed by atoms with E-state index < -0.39 is 17.0 Å². The third kappa shape index (κ3) is 3.17. The molecule has 0 saturated carbocycles. The van der Waals surface area contributed by atoms with Gasteiger partial charge in [0.1, 0.15) is 0 Å². The highest BCUT2D eigenvalue weighted by molar-refractivity contribution is 6.68. The van der Waals surface area contributed by atoms with Crippen LogP contribution in [0, 0.1) is 6.92 Å². The maximum absolute atomic E-state index is 13.5. The van der Waals surface area contributed by atoms with E-state index >= 15 is 0 Å². The molecular weight excluding hydrogens is 353 g/mol. The Morgan fingerprint density at radius 1 is 1.16 bits per heavy atom. The number of rotatable bonds is 3. The zero-order chi connectivity index (χ0) is 18.2. The van der Waals surface area contributed by atoms with Crippen molar-refractivity contribution in [2.75, 3.05) is 0 Å². The Bertz CT molecular complexity index is 933. The van der Waals surface area contributed by atoms with Crippen molar-refractivity contribution in [1.82, 2.24) is 9.55 Å². The molecule has 0 aliphatic heterocycles. The summed E-state index contributed by atoms with van der Waals surface area (Å²) in [4.78, 5) is 15.7. The number of benzene rings is 1. The van der Waals surface area contributed by atoms with E-state index in [0.717, 1.165) is 6.07 Å². The van der Waals surface area contributed by atoms with Crippen molar-refractivity contribution in [2.45, 2.75) is 13.1 Å². The van der Waals surface area contributed by atoms with Crippen LogP contribution in [0.4, 0.5) is 13.2 Å². The molecular formula is C18H12ClF3N2O. The first-order valence-corrected chi connectivity index (χ1v) is 7.67. The second-order valence-electron chi connectivity index (χ2n) is 5.41. The highest BCUT2D eigenvalue weighted by atomic mass is 35.5. The number of nitrogens with zero attached hydrogens (tertiary/aromatic N) is 2. The predicted octanol–water partition coefficient (Wildman–Crippen LogP) is 5.25. The Morgan fingerprint density at radius 2 is 1.88 bits per heavy atom. The quantitative estimate of drug-likeness (QED) is 0.595. The van der Waals surface area contributed by atoms with Gasteiger partial charge in [0.25, 0.3) is 5.24 Å². The number of pyridine rings is 1. The first-order chi connectivity index (χ1) is 11.8. The van der Waals surface area contributed by atoms with Crippen molar-refractivity contribution in [3.63, 3.8) is 0 Å². The van der Waals surface area contributed by atoms with Gasteiger partial charge in [0.05, 0.1) is 28.7 Å². The van der Waals surface area contributed by atoms with Gasteiger partial charge in [-0.3, -0.25) is 9.78 Å².